The normalized spacial score (nSPS) is 22.7. The zero-order valence-corrected chi connectivity index (χ0v) is 22.8. The maximum atomic E-state index is 13.5. The Balaban J connectivity index is 1.92. The van der Waals surface area contributed by atoms with Crippen molar-refractivity contribution in [3.05, 3.63) is 29.1 Å². The monoisotopic (exact) mass is 488 g/mol. The van der Waals surface area contributed by atoms with Gasteiger partial charge in [0, 0.05) is 32.2 Å². The number of hydrogen-bond acceptors (Lipinski definition) is 6. The van der Waals surface area contributed by atoms with Crippen LogP contribution in [0.25, 0.3) is 0 Å². The van der Waals surface area contributed by atoms with Crippen LogP contribution in [0.4, 0.5) is 4.79 Å². The SMILES string of the molecule is Cc1c(CCCC2CC2)ccnc1C[C@]1([C@H](CC(C)C)NC(=O)OC(C)(C)C)OC(C)(C)OC1=O. The molecule has 7 nitrogen and oxygen atoms in total. The maximum Gasteiger partial charge on any atom is 0.407 e. The van der Waals surface area contributed by atoms with E-state index in [0.717, 1.165) is 30.0 Å². The number of aryl methyl sites for hydroxylation is 1. The fraction of sp³-hybridized carbons (Fsp3) is 0.750. The predicted molar refractivity (Wildman–Crippen MR) is 135 cm³/mol. The lowest BCUT2D eigenvalue weighted by molar-refractivity contribution is -0.170. The topological polar surface area (TPSA) is 86.8 Å². The number of amides is 1. The average molecular weight is 489 g/mol. The summed E-state index contributed by atoms with van der Waals surface area (Å²) in [5.74, 6) is -0.503. The molecule has 1 amide bonds. The van der Waals surface area contributed by atoms with Gasteiger partial charge in [0.15, 0.2) is 5.60 Å². The molecule has 7 heteroatoms. The lowest BCUT2D eigenvalue weighted by Gasteiger charge is -2.36. The molecule has 2 fully saturated rings. The molecule has 196 valence electrons. The third-order valence-corrected chi connectivity index (χ3v) is 6.68. The van der Waals surface area contributed by atoms with Crippen molar-refractivity contribution >= 4 is 12.1 Å². The third kappa shape index (κ3) is 7.42. The molecule has 1 aromatic heterocycles. The Morgan fingerprint density at radius 1 is 1.29 bits per heavy atom. The summed E-state index contributed by atoms with van der Waals surface area (Å²) in [7, 11) is 0. The lowest BCUT2D eigenvalue weighted by atomic mass is 9.82. The van der Waals surface area contributed by atoms with Crippen molar-refractivity contribution in [2.45, 2.75) is 123 Å². The van der Waals surface area contributed by atoms with E-state index >= 15 is 0 Å². The van der Waals surface area contributed by atoms with Crippen molar-refractivity contribution in [3.63, 3.8) is 0 Å². The summed E-state index contributed by atoms with van der Waals surface area (Å²) in [6.07, 6.45) is 8.10. The predicted octanol–water partition coefficient (Wildman–Crippen LogP) is 5.65. The molecule has 1 aromatic rings. The summed E-state index contributed by atoms with van der Waals surface area (Å²) in [6, 6.07) is 1.42. The number of alkyl carbamates (subject to hydrolysis) is 1. The second-order valence-electron chi connectivity index (χ2n) is 12.2. The second kappa shape index (κ2) is 10.5. The highest BCUT2D eigenvalue weighted by molar-refractivity contribution is 5.84. The van der Waals surface area contributed by atoms with Gasteiger partial charge in [0.2, 0.25) is 5.79 Å². The van der Waals surface area contributed by atoms with E-state index in [4.69, 9.17) is 14.2 Å². The minimum absolute atomic E-state index is 0.190. The van der Waals surface area contributed by atoms with E-state index in [2.05, 4.69) is 23.3 Å². The van der Waals surface area contributed by atoms with E-state index in [-0.39, 0.29) is 12.3 Å². The summed E-state index contributed by atoms with van der Waals surface area (Å²) in [6.45, 7) is 15.0. The van der Waals surface area contributed by atoms with Gasteiger partial charge in [0.05, 0.1) is 6.04 Å². The molecule has 1 saturated carbocycles. The van der Waals surface area contributed by atoms with E-state index in [1.165, 1.54) is 24.8 Å². The Kier molecular flexibility index (Phi) is 8.19. The van der Waals surface area contributed by atoms with Crippen LogP contribution in [0.2, 0.25) is 0 Å². The molecule has 2 atom stereocenters. The number of carbonyl (C=O) groups is 2. The molecular formula is C28H44N2O5. The van der Waals surface area contributed by atoms with Gasteiger partial charge in [-0.2, -0.15) is 0 Å². The number of rotatable bonds is 10. The summed E-state index contributed by atoms with van der Waals surface area (Å²) in [5, 5.41) is 2.95. The number of carbonyl (C=O) groups excluding carboxylic acids is 2. The number of ether oxygens (including phenoxy) is 3. The minimum Gasteiger partial charge on any atom is -0.444 e. The molecule has 2 heterocycles. The van der Waals surface area contributed by atoms with Gasteiger partial charge in [0.25, 0.3) is 0 Å². The molecular weight excluding hydrogens is 444 g/mol. The molecule has 1 N–H and O–H groups in total. The van der Waals surface area contributed by atoms with E-state index in [1.807, 2.05) is 40.8 Å². The molecule has 0 bridgehead atoms. The summed E-state index contributed by atoms with van der Waals surface area (Å²) in [4.78, 5) is 31.0. The number of cyclic esters (lactones) is 1. The Morgan fingerprint density at radius 3 is 2.51 bits per heavy atom. The van der Waals surface area contributed by atoms with E-state index in [9.17, 15) is 9.59 Å². The van der Waals surface area contributed by atoms with E-state index < -0.39 is 35.1 Å². The van der Waals surface area contributed by atoms with Crippen LogP contribution in [-0.4, -0.2) is 40.1 Å². The quantitative estimate of drug-likeness (QED) is 0.428. The lowest BCUT2D eigenvalue weighted by Crippen LogP contribution is -2.59. The van der Waals surface area contributed by atoms with Gasteiger partial charge in [-0.3, -0.25) is 4.98 Å². The first-order valence-corrected chi connectivity index (χ1v) is 13.1. The second-order valence-corrected chi connectivity index (χ2v) is 12.2. The van der Waals surface area contributed by atoms with Crippen LogP contribution in [0.1, 0.15) is 97.4 Å². The van der Waals surface area contributed by atoms with Crippen LogP contribution >= 0.6 is 0 Å². The van der Waals surface area contributed by atoms with E-state index in [0.29, 0.717) is 6.42 Å². The molecule has 1 aliphatic carbocycles. The highest BCUT2D eigenvalue weighted by Gasteiger charge is 2.59. The van der Waals surface area contributed by atoms with Crippen LogP contribution < -0.4 is 5.32 Å². The minimum atomic E-state index is -1.41. The van der Waals surface area contributed by atoms with Crippen LogP contribution in [0, 0.1) is 18.8 Å². The zero-order chi connectivity index (χ0) is 26.0. The van der Waals surface area contributed by atoms with Gasteiger partial charge in [-0.15, -0.1) is 0 Å². The molecule has 0 aromatic carbocycles. The van der Waals surface area contributed by atoms with Crippen LogP contribution in [0.5, 0.6) is 0 Å². The van der Waals surface area contributed by atoms with Crippen molar-refractivity contribution < 1.29 is 23.8 Å². The van der Waals surface area contributed by atoms with Gasteiger partial charge in [-0.1, -0.05) is 33.1 Å². The molecule has 2 aliphatic rings. The Bertz CT molecular complexity index is 916. The van der Waals surface area contributed by atoms with Crippen LogP contribution in [0.3, 0.4) is 0 Å². The number of aromatic nitrogens is 1. The van der Waals surface area contributed by atoms with Gasteiger partial charge in [-0.25, -0.2) is 9.59 Å². The van der Waals surface area contributed by atoms with Crippen LogP contribution in [0.15, 0.2) is 12.3 Å². The Hall–Kier alpha value is -2.15. The zero-order valence-electron chi connectivity index (χ0n) is 22.8. The highest BCUT2D eigenvalue weighted by atomic mass is 16.8. The molecule has 0 radical (unpaired) electrons. The van der Waals surface area contributed by atoms with Gasteiger partial charge in [0.1, 0.15) is 5.60 Å². The van der Waals surface area contributed by atoms with Crippen molar-refractivity contribution in [1.29, 1.82) is 0 Å². The molecule has 1 saturated heterocycles. The fourth-order valence-electron chi connectivity index (χ4n) is 4.85. The molecule has 0 spiro atoms. The molecule has 35 heavy (non-hydrogen) atoms. The third-order valence-electron chi connectivity index (χ3n) is 6.68. The maximum absolute atomic E-state index is 13.5. The van der Waals surface area contributed by atoms with Gasteiger partial charge >= 0.3 is 12.1 Å². The number of hydrogen-bond donors (Lipinski definition) is 1. The largest absolute Gasteiger partial charge is 0.444 e. The number of pyridine rings is 1. The first-order valence-electron chi connectivity index (χ1n) is 13.1. The average Bonchev–Trinajstić information content (AvgIpc) is 3.47. The van der Waals surface area contributed by atoms with Crippen molar-refractivity contribution in [1.82, 2.24) is 10.3 Å². The van der Waals surface area contributed by atoms with Crippen molar-refractivity contribution in [2.75, 3.05) is 0 Å². The van der Waals surface area contributed by atoms with Gasteiger partial charge < -0.3 is 19.5 Å². The van der Waals surface area contributed by atoms with Crippen molar-refractivity contribution in [2.24, 2.45) is 11.8 Å². The van der Waals surface area contributed by atoms with Crippen molar-refractivity contribution in [3.8, 4) is 0 Å². The summed E-state index contributed by atoms with van der Waals surface area (Å²) < 4.78 is 17.6. The number of nitrogens with one attached hydrogen (secondary N) is 1. The number of esters is 1. The van der Waals surface area contributed by atoms with E-state index in [1.54, 1.807) is 13.8 Å². The molecule has 3 rings (SSSR count). The van der Waals surface area contributed by atoms with Crippen LogP contribution in [-0.2, 0) is 31.8 Å². The summed E-state index contributed by atoms with van der Waals surface area (Å²) in [5.41, 5.74) is 1.04. The summed E-state index contributed by atoms with van der Waals surface area (Å²) >= 11 is 0. The first kappa shape index (κ1) is 27.4. The standard InChI is InChI=1S/C28H44N2O5/c1-18(2)16-23(30-25(32)34-26(4,5)6)28(24(31)33-27(7,8)35-28)17-22-19(3)21(14-15-29-22)11-9-10-20-12-13-20/h14-15,18,20,23H,9-13,16-17H2,1-8H3,(H,30,32)/t23-,28+/m0/s1. The Labute approximate surface area is 210 Å². The fourth-order valence-corrected chi connectivity index (χ4v) is 4.85. The first-order chi connectivity index (χ1) is 16.2. The smallest absolute Gasteiger partial charge is 0.407 e. The molecule has 1 aliphatic heterocycles. The molecule has 0 unspecified atom stereocenters. The number of nitrogens with zero attached hydrogens (tertiary/aromatic N) is 1. The Morgan fingerprint density at radius 2 is 1.97 bits per heavy atom. The van der Waals surface area contributed by atoms with Gasteiger partial charge in [-0.05, 0) is 76.0 Å². The highest BCUT2D eigenvalue weighted by Crippen LogP contribution is 2.40.